The average Bonchev–Trinajstić information content (AvgIpc) is 3.16. The number of hydrogen-bond donors (Lipinski definition) is 0. The fraction of sp³-hybridized carbons (Fsp3) is 0.909. The van der Waals surface area contributed by atoms with E-state index in [0.29, 0.717) is 0 Å². The number of fused-ring (bicyclic) bond motifs is 3. The highest BCUT2D eigenvalue weighted by Gasteiger charge is 2.95. The Bertz CT molecular complexity index is 805. The van der Waals surface area contributed by atoms with Crippen LogP contribution in [-0.4, -0.2) is 0 Å². The molecule has 22 heavy (non-hydrogen) atoms. The van der Waals surface area contributed by atoms with Crippen molar-refractivity contribution in [3.8, 4) is 0 Å². The van der Waals surface area contributed by atoms with E-state index in [4.69, 9.17) is 0 Å². The summed E-state index contributed by atoms with van der Waals surface area (Å²) in [6, 6.07) is 0. The minimum absolute atomic E-state index is 0.742. The second-order valence-corrected chi connectivity index (χ2v) is 12.0. The van der Waals surface area contributed by atoms with E-state index in [0.717, 1.165) is 22.7 Å². The van der Waals surface area contributed by atoms with Gasteiger partial charge in [0.1, 0.15) is 0 Å². The Morgan fingerprint density at radius 3 is 2.50 bits per heavy atom. The molecule has 112 valence electrons. The quantitative estimate of drug-likeness (QED) is 0.594. The largest absolute Gasteiger partial charge is 0.0661 e. The molecule has 0 radical (unpaired) electrons. The van der Waals surface area contributed by atoms with Gasteiger partial charge in [-0.1, -0.05) is 25.0 Å². The van der Waals surface area contributed by atoms with Gasteiger partial charge in [-0.2, -0.15) is 0 Å². The van der Waals surface area contributed by atoms with Gasteiger partial charge in [0.05, 0.1) is 0 Å². The monoisotopic (exact) mass is 288 g/mol. The highest BCUT2D eigenvalue weighted by atomic mass is 15.0. The zero-order valence-electron chi connectivity index (χ0n) is 13.5. The molecule has 0 aromatic heterocycles. The molecular weight excluding hydrogens is 264 g/mol. The minimum atomic E-state index is 0.742. The molecule has 0 heterocycles. The van der Waals surface area contributed by atoms with Crippen LogP contribution in [0.1, 0.15) is 26.7 Å². The van der Waals surface area contributed by atoms with Crippen LogP contribution in [0.4, 0.5) is 0 Å². The summed E-state index contributed by atoms with van der Waals surface area (Å²) in [7, 11) is 0. The van der Waals surface area contributed by atoms with Gasteiger partial charge >= 0.3 is 0 Å². The highest BCUT2D eigenvalue weighted by Crippen LogP contribution is 3.00. The number of rotatable bonds is 0. The van der Waals surface area contributed by atoms with E-state index in [9.17, 15) is 0 Å². The Balaban J connectivity index is 1.54. The van der Waals surface area contributed by atoms with Gasteiger partial charge in [0.25, 0.3) is 0 Å². The molecule has 0 aromatic carbocycles. The third kappa shape index (κ3) is 0.484. The van der Waals surface area contributed by atoms with Gasteiger partial charge in [0.2, 0.25) is 0 Å². The number of hydrogen-bond acceptors (Lipinski definition) is 0. The van der Waals surface area contributed by atoms with E-state index >= 15 is 0 Å². The average molecular weight is 288 g/mol. The van der Waals surface area contributed by atoms with Crippen LogP contribution in [-0.2, 0) is 0 Å². The fourth-order valence-corrected chi connectivity index (χ4v) is 14.6. The van der Waals surface area contributed by atoms with Crippen molar-refractivity contribution in [2.24, 2.45) is 93.7 Å². The van der Waals surface area contributed by atoms with Crippen LogP contribution < -0.4 is 0 Å². The Hall–Kier alpha value is -0.260. The van der Waals surface area contributed by atoms with Gasteiger partial charge < -0.3 is 0 Å². The molecule has 9 fully saturated rings. The van der Waals surface area contributed by atoms with Crippen LogP contribution in [0, 0.1) is 93.7 Å². The molecule has 0 aromatic rings. The maximum Gasteiger partial charge on any atom is -0.00398 e. The highest BCUT2D eigenvalue weighted by molar-refractivity contribution is 5.56. The van der Waals surface area contributed by atoms with Crippen LogP contribution in [0.5, 0.6) is 0 Å². The third-order valence-electron chi connectivity index (χ3n) is 13.2. The first-order valence-electron chi connectivity index (χ1n) is 10.4. The third-order valence-corrected chi connectivity index (χ3v) is 13.2. The molecule has 0 heteroatoms. The first-order chi connectivity index (χ1) is 10.7. The van der Waals surface area contributed by atoms with Crippen molar-refractivity contribution in [1.29, 1.82) is 0 Å². The maximum absolute atomic E-state index is 2.86. The van der Waals surface area contributed by atoms with Gasteiger partial charge in [0.15, 0.2) is 0 Å². The molecule has 16 atom stereocenters. The van der Waals surface area contributed by atoms with Crippen LogP contribution in [0.15, 0.2) is 11.1 Å². The van der Waals surface area contributed by atoms with Crippen molar-refractivity contribution in [2.45, 2.75) is 26.7 Å². The molecule has 10 aliphatic carbocycles. The summed E-state index contributed by atoms with van der Waals surface area (Å²) in [5, 5.41) is 0. The fourth-order valence-electron chi connectivity index (χ4n) is 14.6. The molecule has 0 amide bonds. The first kappa shape index (κ1) is 9.90. The van der Waals surface area contributed by atoms with Gasteiger partial charge in [-0.25, -0.2) is 0 Å². The Morgan fingerprint density at radius 1 is 0.773 bits per heavy atom. The standard InChI is InChI=1S/C22H24/c1-21-15-5-3-7-11-9(5)17(21)13-14-18(21)10-6(15)4-8-12(10)20(14)22(2,16(7)8)19(11)13/h5-7,9-15,17-20H,3-4H2,1-2H3/t5-,6-,7+,9+,10-,11-,12-,13+,14-,15-,17+,18+,19+,20-,21+,22-/m1/s1. The van der Waals surface area contributed by atoms with Crippen molar-refractivity contribution in [1.82, 2.24) is 0 Å². The second kappa shape index (κ2) is 2.12. The number of allylic oxidation sites excluding steroid dienone is 2. The molecule has 0 aliphatic heterocycles. The van der Waals surface area contributed by atoms with E-state index in [1.807, 2.05) is 0 Å². The molecule has 10 aliphatic rings. The summed E-state index contributed by atoms with van der Waals surface area (Å²) >= 11 is 0. The normalized spacial score (nSPS) is 91.9. The maximum atomic E-state index is 2.86. The van der Waals surface area contributed by atoms with E-state index < -0.39 is 0 Å². The van der Waals surface area contributed by atoms with Crippen molar-refractivity contribution in [3.05, 3.63) is 11.1 Å². The first-order valence-corrected chi connectivity index (χ1v) is 10.4. The predicted octanol–water partition coefficient (Wildman–Crippen LogP) is 3.84. The zero-order valence-corrected chi connectivity index (χ0v) is 13.5. The van der Waals surface area contributed by atoms with E-state index in [1.165, 1.54) is 71.0 Å². The lowest BCUT2D eigenvalue weighted by molar-refractivity contribution is 0.0994. The summed E-state index contributed by atoms with van der Waals surface area (Å²) in [6.45, 7) is 5.68. The molecule has 0 unspecified atom stereocenters. The van der Waals surface area contributed by atoms with E-state index in [2.05, 4.69) is 25.0 Å². The Kier molecular flexibility index (Phi) is 0.954. The van der Waals surface area contributed by atoms with Gasteiger partial charge in [-0.15, -0.1) is 0 Å². The summed E-state index contributed by atoms with van der Waals surface area (Å²) in [5.41, 5.74) is 5.89. The Labute approximate surface area is 132 Å². The SMILES string of the molecule is C[C@]12C3=C4C[C@@H]5[C@@H]6[C@@H]4[C@@H]1[C@@H]1[C@@H]4[C@@H]2[C@H]2[C@@H]7[C@@H](C[C@H]32)[C@H]5[C@@](C)([C@H]47)[C@@H]61. The van der Waals surface area contributed by atoms with Gasteiger partial charge in [-0.3, -0.25) is 0 Å². The van der Waals surface area contributed by atoms with Crippen LogP contribution in [0.2, 0.25) is 0 Å². The van der Waals surface area contributed by atoms with Crippen LogP contribution in [0.3, 0.4) is 0 Å². The summed E-state index contributed by atoms with van der Waals surface area (Å²) in [6.07, 6.45) is 3.28. The summed E-state index contributed by atoms with van der Waals surface area (Å²) in [5.74, 6) is 16.6. The lowest BCUT2D eigenvalue weighted by atomic mass is 9.64. The van der Waals surface area contributed by atoms with Crippen molar-refractivity contribution in [3.63, 3.8) is 0 Å². The molecule has 0 spiro atoms. The van der Waals surface area contributed by atoms with Crippen molar-refractivity contribution in [2.75, 3.05) is 0 Å². The smallest absolute Gasteiger partial charge is 0.00398 e. The molecule has 9 saturated carbocycles. The molecule has 10 rings (SSSR count). The second-order valence-electron chi connectivity index (χ2n) is 12.0. The predicted molar refractivity (Wildman–Crippen MR) is 81.3 cm³/mol. The van der Waals surface area contributed by atoms with E-state index in [1.54, 1.807) is 12.8 Å². The molecule has 0 saturated heterocycles. The van der Waals surface area contributed by atoms with Crippen LogP contribution in [0.25, 0.3) is 0 Å². The lowest BCUT2D eigenvalue weighted by Crippen LogP contribution is -2.35. The molecule has 0 bridgehead atoms. The molecular formula is C22H24. The lowest BCUT2D eigenvalue weighted by Gasteiger charge is -2.40. The molecule has 0 N–H and O–H groups in total. The molecule has 0 nitrogen and oxygen atoms in total. The Morgan fingerprint density at radius 2 is 1.59 bits per heavy atom. The topological polar surface area (TPSA) is 0 Å². The minimum Gasteiger partial charge on any atom is -0.0661 e. The summed E-state index contributed by atoms with van der Waals surface area (Å²) < 4.78 is 0. The van der Waals surface area contributed by atoms with E-state index in [-0.39, 0.29) is 0 Å². The zero-order chi connectivity index (χ0) is 13.7. The van der Waals surface area contributed by atoms with Crippen LogP contribution >= 0.6 is 0 Å². The summed E-state index contributed by atoms with van der Waals surface area (Å²) in [4.78, 5) is 0. The van der Waals surface area contributed by atoms with Crippen molar-refractivity contribution >= 4 is 0 Å². The van der Waals surface area contributed by atoms with Gasteiger partial charge in [-0.05, 0) is 107 Å². The van der Waals surface area contributed by atoms with Crippen molar-refractivity contribution < 1.29 is 0 Å². The van der Waals surface area contributed by atoms with Gasteiger partial charge in [0, 0.05) is 0 Å².